The van der Waals surface area contributed by atoms with Gasteiger partial charge in [-0.05, 0) is 67.3 Å². The Balaban J connectivity index is 1.67. The highest BCUT2D eigenvalue weighted by molar-refractivity contribution is 8.00. The Kier molecular flexibility index (Phi) is 6.23. The summed E-state index contributed by atoms with van der Waals surface area (Å²) in [6.07, 6.45) is 0. The number of benzene rings is 2. The normalized spacial score (nSPS) is 10.7. The van der Waals surface area contributed by atoms with Crippen molar-refractivity contribution in [2.75, 3.05) is 19.5 Å². The van der Waals surface area contributed by atoms with Gasteiger partial charge in [0.2, 0.25) is 5.13 Å². The second kappa shape index (κ2) is 8.63. The van der Waals surface area contributed by atoms with Gasteiger partial charge in [-0.15, -0.1) is 10.2 Å². The van der Waals surface area contributed by atoms with Gasteiger partial charge in [0.15, 0.2) is 15.8 Å². The average molecular weight is 402 g/mol. The maximum atomic E-state index is 5.40. The zero-order valence-corrected chi connectivity index (χ0v) is 17.8. The number of hydrogen-bond donors (Lipinski definition) is 1. The predicted octanol–water partition coefficient (Wildman–Crippen LogP) is 5.52. The van der Waals surface area contributed by atoms with Gasteiger partial charge < -0.3 is 14.8 Å². The fraction of sp³-hybridized carbons (Fsp3) is 0.300. The number of methoxy groups -OCH3 is 2. The lowest BCUT2D eigenvalue weighted by Crippen LogP contribution is -1.95. The molecule has 3 aromatic rings. The van der Waals surface area contributed by atoms with Gasteiger partial charge in [-0.25, -0.2) is 0 Å². The molecule has 3 rings (SSSR count). The number of aryl methyl sites for hydroxylation is 3. The van der Waals surface area contributed by atoms with Crippen molar-refractivity contribution in [1.82, 2.24) is 10.2 Å². The van der Waals surface area contributed by atoms with Crippen LogP contribution in [0.1, 0.15) is 22.3 Å². The minimum absolute atomic E-state index is 0.744. The molecule has 1 heterocycles. The molecule has 27 heavy (non-hydrogen) atoms. The monoisotopic (exact) mass is 401 g/mol. The molecule has 0 saturated heterocycles. The first-order chi connectivity index (χ1) is 13.0. The number of aromatic nitrogens is 2. The van der Waals surface area contributed by atoms with E-state index >= 15 is 0 Å². The summed E-state index contributed by atoms with van der Waals surface area (Å²) >= 11 is 3.22. The first kappa shape index (κ1) is 19.5. The fourth-order valence-corrected chi connectivity index (χ4v) is 4.41. The average Bonchev–Trinajstić information content (AvgIpc) is 3.10. The second-order valence-corrected chi connectivity index (χ2v) is 8.42. The molecule has 142 valence electrons. The van der Waals surface area contributed by atoms with Gasteiger partial charge in [-0.2, -0.15) is 0 Å². The zero-order valence-electron chi connectivity index (χ0n) is 16.1. The third kappa shape index (κ3) is 4.73. The molecule has 1 aromatic heterocycles. The number of ether oxygens (including phenoxy) is 2. The van der Waals surface area contributed by atoms with E-state index in [9.17, 15) is 0 Å². The predicted molar refractivity (Wildman–Crippen MR) is 113 cm³/mol. The van der Waals surface area contributed by atoms with Gasteiger partial charge in [0.1, 0.15) is 0 Å². The van der Waals surface area contributed by atoms with Crippen LogP contribution in [0.2, 0.25) is 0 Å². The lowest BCUT2D eigenvalue weighted by atomic mass is 10.1. The van der Waals surface area contributed by atoms with Crippen molar-refractivity contribution >= 4 is 33.9 Å². The van der Waals surface area contributed by atoms with Gasteiger partial charge >= 0.3 is 0 Å². The number of nitrogens with one attached hydrogen (secondary N) is 1. The Morgan fingerprint density at radius 1 is 0.926 bits per heavy atom. The molecule has 0 amide bonds. The minimum Gasteiger partial charge on any atom is -0.493 e. The van der Waals surface area contributed by atoms with E-state index in [1.54, 1.807) is 37.3 Å². The molecule has 1 N–H and O–H groups in total. The van der Waals surface area contributed by atoms with Crippen LogP contribution >= 0.6 is 23.1 Å². The van der Waals surface area contributed by atoms with Gasteiger partial charge in [0.25, 0.3) is 0 Å². The fourth-order valence-electron chi connectivity index (χ4n) is 2.58. The van der Waals surface area contributed by atoms with E-state index < -0.39 is 0 Å². The Labute approximate surface area is 168 Å². The molecule has 0 aliphatic carbocycles. The number of hydrogen-bond acceptors (Lipinski definition) is 7. The minimum atomic E-state index is 0.744. The Bertz CT molecular complexity index is 941. The van der Waals surface area contributed by atoms with Crippen molar-refractivity contribution in [2.45, 2.75) is 30.9 Å². The van der Waals surface area contributed by atoms with Gasteiger partial charge in [-0.1, -0.05) is 29.2 Å². The SMILES string of the molecule is COc1cc(C)c(CSc2nnc(Nc3ccc(C)c(C)c3)s2)cc1OC. The maximum absolute atomic E-state index is 5.40. The lowest BCUT2D eigenvalue weighted by molar-refractivity contribution is 0.354. The molecule has 0 unspecified atom stereocenters. The van der Waals surface area contributed by atoms with Gasteiger partial charge in [-0.3, -0.25) is 0 Å². The summed E-state index contributed by atoms with van der Waals surface area (Å²) in [4.78, 5) is 0. The molecule has 0 radical (unpaired) electrons. The second-order valence-electron chi connectivity index (χ2n) is 6.22. The summed E-state index contributed by atoms with van der Waals surface area (Å²) in [6, 6.07) is 10.3. The molecule has 0 spiro atoms. The molecule has 5 nitrogen and oxygen atoms in total. The van der Waals surface area contributed by atoms with E-state index in [2.05, 4.69) is 54.5 Å². The molecule has 0 atom stereocenters. The molecule has 0 saturated carbocycles. The number of thioether (sulfide) groups is 1. The Hall–Kier alpha value is -2.25. The first-order valence-electron chi connectivity index (χ1n) is 8.52. The van der Waals surface area contributed by atoms with E-state index in [4.69, 9.17) is 9.47 Å². The van der Waals surface area contributed by atoms with Crippen molar-refractivity contribution in [3.63, 3.8) is 0 Å². The van der Waals surface area contributed by atoms with E-state index in [1.807, 2.05) is 12.1 Å². The van der Waals surface area contributed by atoms with Crippen molar-refractivity contribution in [3.05, 3.63) is 52.6 Å². The van der Waals surface area contributed by atoms with Crippen molar-refractivity contribution < 1.29 is 9.47 Å². The number of rotatable bonds is 7. The lowest BCUT2D eigenvalue weighted by Gasteiger charge is -2.12. The van der Waals surface area contributed by atoms with Crippen LogP contribution in [0, 0.1) is 20.8 Å². The van der Waals surface area contributed by atoms with Crippen LogP contribution in [0.15, 0.2) is 34.7 Å². The van der Waals surface area contributed by atoms with Crippen molar-refractivity contribution in [1.29, 1.82) is 0 Å². The molecule has 0 aliphatic heterocycles. The van der Waals surface area contributed by atoms with Crippen LogP contribution in [0.25, 0.3) is 0 Å². The zero-order chi connectivity index (χ0) is 19.4. The molecule has 7 heteroatoms. The first-order valence-corrected chi connectivity index (χ1v) is 10.3. The molecule has 0 fully saturated rings. The summed E-state index contributed by atoms with van der Waals surface area (Å²) in [5.74, 6) is 2.29. The largest absolute Gasteiger partial charge is 0.493 e. The van der Waals surface area contributed by atoms with Crippen LogP contribution in [0.5, 0.6) is 11.5 Å². The highest BCUT2D eigenvalue weighted by Gasteiger charge is 2.11. The van der Waals surface area contributed by atoms with Crippen LogP contribution in [-0.2, 0) is 5.75 Å². The van der Waals surface area contributed by atoms with E-state index in [0.29, 0.717) is 0 Å². The summed E-state index contributed by atoms with van der Waals surface area (Å²) in [7, 11) is 3.30. The topological polar surface area (TPSA) is 56.3 Å². The van der Waals surface area contributed by atoms with Crippen LogP contribution < -0.4 is 14.8 Å². The highest BCUT2D eigenvalue weighted by atomic mass is 32.2. The molecule has 2 aromatic carbocycles. The number of nitrogens with zero attached hydrogens (tertiary/aromatic N) is 2. The quantitative estimate of drug-likeness (QED) is 0.526. The van der Waals surface area contributed by atoms with Gasteiger partial charge in [0, 0.05) is 11.4 Å². The third-order valence-corrected chi connectivity index (χ3v) is 6.38. The molecule has 0 bridgehead atoms. The smallest absolute Gasteiger partial charge is 0.210 e. The third-order valence-electron chi connectivity index (χ3n) is 4.36. The summed E-state index contributed by atoms with van der Waals surface area (Å²) in [6.45, 7) is 6.28. The van der Waals surface area contributed by atoms with Crippen LogP contribution in [0.4, 0.5) is 10.8 Å². The Morgan fingerprint density at radius 2 is 1.67 bits per heavy atom. The van der Waals surface area contributed by atoms with Crippen molar-refractivity contribution in [2.24, 2.45) is 0 Å². The number of anilines is 2. The highest BCUT2D eigenvalue weighted by Crippen LogP contribution is 2.35. The maximum Gasteiger partial charge on any atom is 0.210 e. The van der Waals surface area contributed by atoms with Crippen LogP contribution in [-0.4, -0.2) is 24.4 Å². The van der Waals surface area contributed by atoms with E-state index in [-0.39, 0.29) is 0 Å². The standard InChI is InChI=1S/C20H23N3O2S2/c1-12-6-7-16(8-13(12)2)21-19-22-23-20(27-19)26-11-15-10-18(25-5)17(24-4)9-14(15)3/h6-10H,11H2,1-5H3,(H,21,22). The molecule has 0 aliphatic rings. The van der Waals surface area contributed by atoms with E-state index in [0.717, 1.165) is 38.0 Å². The summed E-state index contributed by atoms with van der Waals surface area (Å²) in [5, 5.41) is 12.7. The van der Waals surface area contributed by atoms with Crippen LogP contribution in [0.3, 0.4) is 0 Å². The summed E-state index contributed by atoms with van der Waals surface area (Å²) < 4.78 is 11.7. The summed E-state index contributed by atoms with van der Waals surface area (Å²) in [5.41, 5.74) is 5.92. The van der Waals surface area contributed by atoms with Gasteiger partial charge in [0.05, 0.1) is 14.2 Å². The Morgan fingerprint density at radius 3 is 2.37 bits per heavy atom. The van der Waals surface area contributed by atoms with Crippen molar-refractivity contribution in [3.8, 4) is 11.5 Å². The molecular formula is C20H23N3O2S2. The molecular weight excluding hydrogens is 378 g/mol. The van der Waals surface area contributed by atoms with E-state index in [1.165, 1.54) is 16.7 Å².